The van der Waals surface area contributed by atoms with Crippen LogP contribution in [-0.4, -0.2) is 10.2 Å². The number of hydrogen-bond donors (Lipinski definition) is 0. The van der Waals surface area contributed by atoms with E-state index in [-0.39, 0.29) is 5.91 Å². The molecule has 0 N–H and O–H groups in total. The normalized spacial score (nSPS) is 16.5. The minimum atomic E-state index is -0.0587. The lowest BCUT2D eigenvalue weighted by atomic mass is 10.1. The Balaban J connectivity index is 1.97. The summed E-state index contributed by atoms with van der Waals surface area (Å²) in [4.78, 5) is 15.1. The monoisotopic (exact) mass is 403 g/mol. The van der Waals surface area contributed by atoms with Crippen LogP contribution in [0.3, 0.4) is 0 Å². The third-order valence-corrected chi connectivity index (χ3v) is 5.61. The highest BCUT2D eigenvalue weighted by Crippen LogP contribution is 2.37. The fourth-order valence-electron chi connectivity index (χ4n) is 2.36. The summed E-state index contributed by atoms with van der Waals surface area (Å²) in [5.74, 6) is -0.0587. The maximum Gasteiger partial charge on any atom is 0.270 e. The molecule has 1 heterocycles. The minimum Gasteiger partial charge on any atom is -0.268 e. The van der Waals surface area contributed by atoms with Crippen molar-refractivity contribution in [1.82, 2.24) is 0 Å². The smallest absolute Gasteiger partial charge is 0.268 e. The number of carbonyl (C=O) groups excluding carboxylic acids is 1. The molecule has 1 aliphatic heterocycles. The van der Waals surface area contributed by atoms with E-state index in [9.17, 15) is 4.79 Å². The molecule has 1 amide bonds. The van der Waals surface area contributed by atoms with E-state index < -0.39 is 0 Å². The van der Waals surface area contributed by atoms with Crippen LogP contribution in [-0.2, 0) is 4.79 Å². The molecule has 23 heavy (non-hydrogen) atoms. The van der Waals surface area contributed by atoms with E-state index in [1.807, 2.05) is 62.4 Å². The van der Waals surface area contributed by atoms with Gasteiger partial charge in [-0.3, -0.25) is 9.69 Å². The number of carbonyl (C=O) groups is 1. The van der Waals surface area contributed by atoms with Crippen molar-refractivity contribution in [1.29, 1.82) is 0 Å². The Morgan fingerprint density at radius 1 is 1.13 bits per heavy atom. The lowest BCUT2D eigenvalue weighted by molar-refractivity contribution is -0.113. The first-order valence-corrected chi connectivity index (χ1v) is 9.09. The zero-order valence-electron chi connectivity index (χ0n) is 12.7. The van der Waals surface area contributed by atoms with Crippen LogP contribution in [0.1, 0.15) is 16.7 Å². The van der Waals surface area contributed by atoms with Gasteiger partial charge in [0.2, 0.25) is 0 Å². The Labute approximate surface area is 153 Å². The van der Waals surface area contributed by atoms with Crippen molar-refractivity contribution in [2.24, 2.45) is 0 Å². The molecule has 2 aromatic carbocycles. The summed E-state index contributed by atoms with van der Waals surface area (Å²) in [6, 6.07) is 13.8. The molecular weight excluding hydrogens is 390 g/mol. The number of hydrogen-bond acceptors (Lipinski definition) is 3. The second-order valence-corrected chi connectivity index (χ2v) is 7.88. The van der Waals surface area contributed by atoms with E-state index in [0.717, 1.165) is 26.9 Å². The number of benzene rings is 2. The zero-order valence-corrected chi connectivity index (χ0v) is 15.9. The number of amides is 1. The molecule has 116 valence electrons. The van der Waals surface area contributed by atoms with E-state index in [1.54, 1.807) is 4.90 Å². The van der Waals surface area contributed by atoms with E-state index in [1.165, 1.54) is 11.8 Å². The summed E-state index contributed by atoms with van der Waals surface area (Å²) >= 11 is 10.2. The summed E-state index contributed by atoms with van der Waals surface area (Å²) < 4.78 is 1.59. The van der Waals surface area contributed by atoms with Crippen molar-refractivity contribution in [3.63, 3.8) is 0 Å². The topological polar surface area (TPSA) is 20.3 Å². The van der Waals surface area contributed by atoms with E-state index in [2.05, 4.69) is 15.9 Å². The molecule has 0 bridgehead atoms. The Morgan fingerprint density at radius 3 is 2.52 bits per heavy atom. The van der Waals surface area contributed by atoms with Crippen molar-refractivity contribution in [2.45, 2.75) is 13.8 Å². The standard InChI is InChI=1S/C18H14BrNOS2/c1-11-4-3-5-15(12(11)2)20-17(21)16(23-18(20)22)10-13-6-8-14(19)9-7-13/h3-10H,1-2H3. The van der Waals surface area contributed by atoms with Crippen LogP contribution in [0.15, 0.2) is 51.8 Å². The molecule has 0 unspecified atom stereocenters. The highest BCUT2D eigenvalue weighted by molar-refractivity contribution is 9.10. The maximum atomic E-state index is 12.8. The van der Waals surface area contributed by atoms with E-state index >= 15 is 0 Å². The first-order chi connectivity index (χ1) is 11.0. The highest BCUT2D eigenvalue weighted by atomic mass is 79.9. The van der Waals surface area contributed by atoms with Gasteiger partial charge < -0.3 is 0 Å². The zero-order chi connectivity index (χ0) is 16.6. The molecule has 0 spiro atoms. The van der Waals surface area contributed by atoms with Crippen LogP contribution in [0.25, 0.3) is 6.08 Å². The molecule has 0 aliphatic carbocycles. The van der Waals surface area contributed by atoms with Crippen LogP contribution in [0.2, 0.25) is 0 Å². The lowest BCUT2D eigenvalue weighted by Gasteiger charge is -2.18. The average Bonchev–Trinajstić information content (AvgIpc) is 2.79. The largest absolute Gasteiger partial charge is 0.270 e. The quantitative estimate of drug-likeness (QED) is 0.489. The number of rotatable bonds is 2. The third kappa shape index (κ3) is 3.27. The second kappa shape index (κ2) is 6.59. The first kappa shape index (κ1) is 16.4. The second-order valence-electron chi connectivity index (χ2n) is 5.29. The third-order valence-electron chi connectivity index (χ3n) is 3.78. The van der Waals surface area contributed by atoms with Crippen molar-refractivity contribution >= 4 is 61.9 Å². The van der Waals surface area contributed by atoms with Crippen molar-refractivity contribution in [3.8, 4) is 0 Å². The Kier molecular flexibility index (Phi) is 4.71. The predicted molar refractivity (Wildman–Crippen MR) is 106 cm³/mol. The van der Waals surface area contributed by atoms with E-state index in [4.69, 9.17) is 12.2 Å². The lowest BCUT2D eigenvalue weighted by Crippen LogP contribution is -2.28. The van der Waals surface area contributed by atoms with Gasteiger partial charge in [-0.05, 0) is 54.8 Å². The van der Waals surface area contributed by atoms with Crippen molar-refractivity contribution in [2.75, 3.05) is 4.90 Å². The number of anilines is 1. The van der Waals surface area contributed by atoms with Crippen LogP contribution in [0.5, 0.6) is 0 Å². The summed E-state index contributed by atoms with van der Waals surface area (Å²) in [5.41, 5.74) is 4.07. The molecule has 0 radical (unpaired) electrons. The number of thioether (sulfide) groups is 1. The number of halogens is 1. The van der Waals surface area contributed by atoms with Gasteiger partial charge in [0.15, 0.2) is 4.32 Å². The van der Waals surface area contributed by atoms with Gasteiger partial charge in [0.05, 0.1) is 10.6 Å². The highest BCUT2D eigenvalue weighted by Gasteiger charge is 2.34. The van der Waals surface area contributed by atoms with E-state index in [0.29, 0.717) is 9.23 Å². The first-order valence-electron chi connectivity index (χ1n) is 7.07. The predicted octanol–water partition coefficient (Wildman–Crippen LogP) is 5.47. The molecule has 0 aromatic heterocycles. The van der Waals surface area contributed by atoms with Crippen LogP contribution < -0.4 is 4.90 Å². The van der Waals surface area contributed by atoms with Crippen molar-refractivity contribution in [3.05, 3.63) is 68.5 Å². The molecule has 1 saturated heterocycles. The molecule has 5 heteroatoms. The molecule has 1 fully saturated rings. The molecule has 1 aliphatic rings. The summed E-state index contributed by atoms with van der Waals surface area (Å²) in [6.45, 7) is 4.05. The SMILES string of the molecule is Cc1cccc(N2C(=O)C(=Cc3ccc(Br)cc3)SC2=S)c1C. The van der Waals surface area contributed by atoms with Crippen LogP contribution >= 0.6 is 39.9 Å². The Morgan fingerprint density at radius 2 is 1.83 bits per heavy atom. The van der Waals surface area contributed by atoms with Gasteiger partial charge in [-0.1, -0.05) is 64.2 Å². The molecule has 0 atom stereocenters. The average molecular weight is 404 g/mol. The summed E-state index contributed by atoms with van der Waals surface area (Å²) in [6.07, 6.45) is 1.89. The van der Waals surface area contributed by atoms with Gasteiger partial charge in [-0.15, -0.1) is 0 Å². The van der Waals surface area contributed by atoms with Crippen LogP contribution in [0, 0.1) is 13.8 Å². The van der Waals surface area contributed by atoms with Gasteiger partial charge >= 0.3 is 0 Å². The minimum absolute atomic E-state index is 0.0587. The Bertz CT molecular complexity index is 827. The maximum absolute atomic E-state index is 12.8. The van der Waals surface area contributed by atoms with Gasteiger partial charge in [0.25, 0.3) is 5.91 Å². The number of aryl methyl sites for hydroxylation is 1. The fraction of sp³-hybridized carbons (Fsp3) is 0.111. The molecule has 2 nitrogen and oxygen atoms in total. The van der Waals surface area contributed by atoms with Gasteiger partial charge in [0.1, 0.15) is 0 Å². The Hall–Kier alpha value is -1.43. The van der Waals surface area contributed by atoms with Crippen molar-refractivity contribution < 1.29 is 4.79 Å². The van der Waals surface area contributed by atoms with Gasteiger partial charge in [-0.25, -0.2) is 0 Å². The van der Waals surface area contributed by atoms with Crippen LogP contribution in [0.4, 0.5) is 5.69 Å². The number of nitrogens with zero attached hydrogens (tertiary/aromatic N) is 1. The fourth-order valence-corrected chi connectivity index (χ4v) is 3.91. The molecule has 2 aromatic rings. The molecular formula is C18H14BrNOS2. The summed E-state index contributed by atoms with van der Waals surface area (Å²) in [7, 11) is 0. The van der Waals surface area contributed by atoms with Gasteiger partial charge in [-0.2, -0.15) is 0 Å². The molecule has 3 rings (SSSR count). The molecule has 0 saturated carbocycles. The summed E-state index contributed by atoms with van der Waals surface area (Å²) in [5, 5.41) is 0. The van der Waals surface area contributed by atoms with Gasteiger partial charge in [0, 0.05) is 4.47 Å². The number of thiocarbonyl (C=S) groups is 1.